The van der Waals surface area contributed by atoms with Crippen molar-refractivity contribution in [1.29, 1.82) is 0 Å². The number of anilines is 1. The zero-order chi connectivity index (χ0) is 16.2. The molecule has 0 aliphatic carbocycles. The number of halogens is 2. The minimum atomic E-state index is -0.286. The molecule has 0 saturated carbocycles. The predicted molar refractivity (Wildman–Crippen MR) is 94.6 cm³/mol. The lowest BCUT2D eigenvalue weighted by Crippen LogP contribution is -2.28. The zero-order valence-electron chi connectivity index (χ0n) is 12.1. The summed E-state index contributed by atoms with van der Waals surface area (Å²) >= 11 is 8.43. The number of benzene rings is 2. The fourth-order valence-corrected chi connectivity index (χ4v) is 2.74. The van der Waals surface area contributed by atoms with Crippen molar-refractivity contribution in [2.75, 3.05) is 18.5 Å². The lowest BCUT2D eigenvalue weighted by Gasteiger charge is -2.19. The van der Waals surface area contributed by atoms with Gasteiger partial charge in [0.15, 0.2) is 16.6 Å². The summed E-state index contributed by atoms with van der Waals surface area (Å²) in [5.74, 6) is 1.15. The van der Waals surface area contributed by atoms with Gasteiger partial charge >= 0.3 is 0 Å². The third kappa shape index (κ3) is 4.11. The molecule has 0 fully saturated rings. The third-order valence-electron chi connectivity index (χ3n) is 3.24. The molecule has 0 saturated heterocycles. The van der Waals surface area contributed by atoms with E-state index in [1.807, 2.05) is 18.2 Å². The second-order valence-electron chi connectivity index (χ2n) is 4.91. The first kappa shape index (κ1) is 16.0. The van der Waals surface area contributed by atoms with Crippen LogP contribution in [0.3, 0.4) is 0 Å². The van der Waals surface area contributed by atoms with Crippen LogP contribution in [0.15, 0.2) is 40.9 Å². The zero-order valence-corrected chi connectivity index (χ0v) is 14.5. The van der Waals surface area contributed by atoms with E-state index in [1.165, 1.54) is 6.07 Å². The maximum Gasteiger partial charge on any atom is 0.171 e. The van der Waals surface area contributed by atoms with E-state index in [-0.39, 0.29) is 5.82 Å². The van der Waals surface area contributed by atoms with E-state index in [1.54, 1.807) is 12.1 Å². The summed E-state index contributed by atoms with van der Waals surface area (Å²) in [5, 5.41) is 6.64. The van der Waals surface area contributed by atoms with Crippen LogP contribution in [-0.2, 0) is 6.54 Å². The first-order chi connectivity index (χ1) is 11.1. The lowest BCUT2D eigenvalue weighted by molar-refractivity contribution is 0.171. The Morgan fingerprint density at radius 3 is 2.70 bits per heavy atom. The molecule has 2 N–H and O–H groups in total. The second-order valence-corrected chi connectivity index (χ2v) is 6.18. The van der Waals surface area contributed by atoms with E-state index in [2.05, 4.69) is 26.6 Å². The van der Waals surface area contributed by atoms with Crippen LogP contribution in [0.4, 0.5) is 10.1 Å². The van der Waals surface area contributed by atoms with Crippen LogP contribution in [0, 0.1) is 5.82 Å². The van der Waals surface area contributed by atoms with Gasteiger partial charge in [0.1, 0.15) is 19.0 Å². The molecular weight excluding hydrogens is 383 g/mol. The fraction of sp³-hybridized carbons (Fsp3) is 0.188. The largest absolute Gasteiger partial charge is 0.486 e. The lowest BCUT2D eigenvalue weighted by atomic mass is 10.2. The molecule has 7 heteroatoms. The van der Waals surface area contributed by atoms with Crippen LogP contribution in [0.5, 0.6) is 11.5 Å². The van der Waals surface area contributed by atoms with E-state index in [4.69, 9.17) is 21.7 Å². The molecule has 0 spiro atoms. The highest BCUT2D eigenvalue weighted by atomic mass is 79.9. The molecule has 0 bridgehead atoms. The first-order valence-corrected chi connectivity index (χ1v) is 8.20. The summed E-state index contributed by atoms with van der Waals surface area (Å²) < 4.78 is 24.6. The van der Waals surface area contributed by atoms with Crippen molar-refractivity contribution in [3.8, 4) is 11.5 Å². The smallest absolute Gasteiger partial charge is 0.171 e. The number of fused-ring (bicyclic) bond motifs is 1. The average Bonchev–Trinajstić information content (AvgIpc) is 2.56. The van der Waals surface area contributed by atoms with Gasteiger partial charge in [0.2, 0.25) is 0 Å². The standard InChI is InChI=1S/C16H14BrFN2O2S/c17-12-7-10(1-3-13(12)18)9-19-16(23)20-11-2-4-14-15(8-11)22-6-5-21-14/h1-4,7-8H,5-6,9H2,(H2,19,20,23). The summed E-state index contributed by atoms with van der Waals surface area (Å²) in [6.07, 6.45) is 0. The van der Waals surface area contributed by atoms with E-state index in [9.17, 15) is 4.39 Å². The molecular formula is C16H14BrFN2O2S. The summed E-state index contributed by atoms with van der Waals surface area (Å²) in [6.45, 7) is 1.60. The molecule has 0 unspecified atom stereocenters. The summed E-state index contributed by atoms with van der Waals surface area (Å²) in [6, 6.07) is 10.4. The summed E-state index contributed by atoms with van der Waals surface area (Å²) in [5.41, 5.74) is 1.73. The molecule has 0 aromatic heterocycles. The second kappa shape index (κ2) is 7.14. The Bertz CT molecular complexity index is 742. The minimum Gasteiger partial charge on any atom is -0.486 e. The Kier molecular flexibility index (Phi) is 4.97. The SMILES string of the molecule is Fc1ccc(CNC(=S)Nc2ccc3c(c2)OCCO3)cc1Br. The van der Waals surface area contributed by atoms with E-state index in [0.29, 0.717) is 35.1 Å². The quantitative estimate of drug-likeness (QED) is 0.771. The number of nitrogens with one attached hydrogen (secondary N) is 2. The fourth-order valence-electron chi connectivity index (χ4n) is 2.13. The van der Waals surface area contributed by atoms with Crippen molar-refractivity contribution in [1.82, 2.24) is 5.32 Å². The van der Waals surface area contributed by atoms with E-state index < -0.39 is 0 Å². The molecule has 120 valence electrons. The van der Waals surface area contributed by atoms with E-state index >= 15 is 0 Å². The molecule has 2 aromatic carbocycles. The summed E-state index contributed by atoms with van der Waals surface area (Å²) in [7, 11) is 0. The Morgan fingerprint density at radius 1 is 1.13 bits per heavy atom. The van der Waals surface area contributed by atoms with Gasteiger partial charge in [-0.25, -0.2) is 4.39 Å². The highest BCUT2D eigenvalue weighted by Gasteiger charge is 2.12. The van der Waals surface area contributed by atoms with Crippen LogP contribution < -0.4 is 20.1 Å². The molecule has 1 aliphatic rings. The van der Waals surface area contributed by atoms with Crippen LogP contribution in [0.25, 0.3) is 0 Å². The van der Waals surface area contributed by atoms with Crippen molar-refractivity contribution in [2.45, 2.75) is 6.54 Å². The van der Waals surface area contributed by atoms with Crippen molar-refractivity contribution >= 4 is 38.9 Å². The Hall–Kier alpha value is -1.86. The van der Waals surface area contributed by atoms with Gasteiger partial charge in [0, 0.05) is 18.3 Å². The Labute approximate surface area is 147 Å². The van der Waals surface area contributed by atoms with Gasteiger partial charge in [0.25, 0.3) is 0 Å². The number of hydrogen-bond donors (Lipinski definition) is 2. The monoisotopic (exact) mass is 396 g/mol. The molecule has 0 amide bonds. The predicted octanol–water partition coefficient (Wildman–Crippen LogP) is 3.85. The van der Waals surface area contributed by atoms with Gasteiger partial charge in [-0.15, -0.1) is 0 Å². The van der Waals surface area contributed by atoms with Crippen LogP contribution in [0.2, 0.25) is 0 Å². The first-order valence-electron chi connectivity index (χ1n) is 7.00. The Morgan fingerprint density at radius 2 is 1.91 bits per heavy atom. The van der Waals surface area contributed by atoms with Gasteiger partial charge in [-0.05, 0) is 58.0 Å². The third-order valence-corrected chi connectivity index (χ3v) is 4.09. The average molecular weight is 397 g/mol. The van der Waals surface area contributed by atoms with Crippen LogP contribution in [-0.4, -0.2) is 18.3 Å². The van der Waals surface area contributed by atoms with Gasteiger partial charge in [-0.2, -0.15) is 0 Å². The maximum atomic E-state index is 13.2. The van der Waals surface area contributed by atoms with Gasteiger partial charge in [-0.3, -0.25) is 0 Å². The molecule has 2 aromatic rings. The number of rotatable bonds is 3. The molecule has 1 aliphatic heterocycles. The van der Waals surface area contributed by atoms with Gasteiger partial charge in [0.05, 0.1) is 4.47 Å². The minimum absolute atomic E-state index is 0.286. The van der Waals surface area contributed by atoms with E-state index in [0.717, 1.165) is 17.0 Å². The molecule has 0 atom stereocenters. The molecule has 1 heterocycles. The van der Waals surface area contributed by atoms with Crippen molar-refractivity contribution in [3.63, 3.8) is 0 Å². The van der Waals surface area contributed by atoms with Crippen molar-refractivity contribution in [2.24, 2.45) is 0 Å². The van der Waals surface area contributed by atoms with Gasteiger partial charge < -0.3 is 20.1 Å². The van der Waals surface area contributed by atoms with Gasteiger partial charge in [-0.1, -0.05) is 6.07 Å². The molecule has 0 radical (unpaired) electrons. The number of hydrogen-bond acceptors (Lipinski definition) is 3. The highest BCUT2D eigenvalue weighted by molar-refractivity contribution is 9.10. The van der Waals surface area contributed by atoms with Crippen molar-refractivity contribution in [3.05, 3.63) is 52.3 Å². The number of thiocarbonyl (C=S) groups is 1. The normalized spacial score (nSPS) is 12.6. The van der Waals surface area contributed by atoms with Crippen molar-refractivity contribution < 1.29 is 13.9 Å². The Balaban J connectivity index is 1.57. The molecule has 23 heavy (non-hydrogen) atoms. The number of ether oxygens (including phenoxy) is 2. The molecule has 4 nitrogen and oxygen atoms in total. The topological polar surface area (TPSA) is 42.5 Å². The highest BCUT2D eigenvalue weighted by Crippen LogP contribution is 2.32. The molecule has 3 rings (SSSR count). The van der Waals surface area contributed by atoms with Crippen LogP contribution >= 0.6 is 28.1 Å². The maximum absolute atomic E-state index is 13.2. The summed E-state index contributed by atoms with van der Waals surface area (Å²) in [4.78, 5) is 0. The van der Waals surface area contributed by atoms with Crippen LogP contribution in [0.1, 0.15) is 5.56 Å².